The van der Waals surface area contributed by atoms with Gasteiger partial charge in [0.05, 0.1) is 11.7 Å². The van der Waals surface area contributed by atoms with Gasteiger partial charge in [-0.3, -0.25) is 9.59 Å². The third-order valence-electron chi connectivity index (χ3n) is 3.40. The van der Waals surface area contributed by atoms with E-state index in [1.807, 2.05) is 0 Å². The van der Waals surface area contributed by atoms with E-state index in [0.717, 1.165) is 0 Å². The molecule has 3 aromatic rings. The SMILES string of the molecule is O=C(N/N=C/c1cccc(F)c1)c1c(O)c2cc(Cl)ccc2[nH]c1=O. The van der Waals surface area contributed by atoms with Gasteiger partial charge in [0.25, 0.3) is 11.5 Å². The molecule has 1 aromatic heterocycles. The predicted octanol–water partition coefficient (Wildman–Crippen LogP) is 2.79. The van der Waals surface area contributed by atoms with E-state index in [1.54, 1.807) is 12.1 Å². The van der Waals surface area contributed by atoms with Crippen molar-refractivity contribution in [2.24, 2.45) is 5.10 Å². The lowest BCUT2D eigenvalue weighted by Gasteiger charge is -2.06. The lowest BCUT2D eigenvalue weighted by molar-refractivity contribution is 0.0951. The van der Waals surface area contributed by atoms with Crippen LogP contribution in [0.15, 0.2) is 52.4 Å². The van der Waals surface area contributed by atoms with Crippen LogP contribution in [0.5, 0.6) is 5.75 Å². The van der Waals surface area contributed by atoms with E-state index in [9.17, 15) is 19.1 Å². The van der Waals surface area contributed by atoms with Crippen LogP contribution >= 0.6 is 11.6 Å². The van der Waals surface area contributed by atoms with Crippen LogP contribution in [0.1, 0.15) is 15.9 Å². The average Bonchev–Trinajstić information content (AvgIpc) is 2.56. The standard InChI is InChI=1S/C17H11ClFN3O3/c18-10-4-5-13-12(7-10)15(23)14(16(24)21-13)17(25)22-20-8-9-2-1-3-11(19)6-9/h1-8H,(H,22,25)(H2,21,23,24)/b20-8+. The molecule has 1 amide bonds. The topological polar surface area (TPSA) is 94.5 Å². The van der Waals surface area contributed by atoms with Gasteiger partial charge in [-0.15, -0.1) is 0 Å². The van der Waals surface area contributed by atoms with Gasteiger partial charge >= 0.3 is 0 Å². The molecule has 0 aliphatic rings. The van der Waals surface area contributed by atoms with E-state index < -0.39 is 28.6 Å². The van der Waals surface area contributed by atoms with Crippen LogP contribution in [0.25, 0.3) is 10.9 Å². The van der Waals surface area contributed by atoms with E-state index in [0.29, 0.717) is 16.1 Å². The second kappa shape index (κ2) is 6.74. The first-order valence-corrected chi connectivity index (χ1v) is 7.47. The molecule has 0 aliphatic heterocycles. The van der Waals surface area contributed by atoms with Crippen LogP contribution in [-0.4, -0.2) is 22.2 Å². The number of fused-ring (bicyclic) bond motifs is 1. The lowest BCUT2D eigenvalue weighted by atomic mass is 10.1. The zero-order valence-electron chi connectivity index (χ0n) is 12.6. The van der Waals surface area contributed by atoms with Gasteiger partial charge < -0.3 is 10.1 Å². The van der Waals surface area contributed by atoms with Gasteiger partial charge in [0.15, 0.2) is 0 Å². The third-order valence-corrected chi connectivity index (χ3v) is 3.64. The van der Waals surface area contributed by atoms with Crippen molar-refractivity contribution in [3.05, 3.63) is 74.8 Å². The number of hydrogen-bond donors (Lipinski definition) is 3. The molecule has 1 heterocycles. The molecule has 0 atom stereocenters. The molecule has 0 saturated carbocycles. The number of benzene rings is 2. The molecule has 3 N–H and O–H groups in total. The van der Waals surface area contributed by atoms with E-state index in [2.05, 4.69) is 15.5 Å². The molecule has 2 aromatic carbocycles. The van der Waals surface area contributed by atoms with Gasteiger partial charge in [0, 0.05) is 10.4 Å². The number of amides is 1. The number of hydrogen-bond acceptors (Lipinski definition) is 4. The smallest absolute Gasteiger partial charge is 0.280 e. The van der Waals surface area contributed by atoms with Crippen LogP contribution in [0.3, 0.4) is 0 Å². The van der Waals surface area contributed by atoms with Gasteiger partial charge in [-0.25, -0.2) is 9.82 Å². The molecular formula is C17H11ClFN3O3. The summed E-state index contributed by atoms with van der Waals surface area (Å²) in [5.74, 6) is -1.86. The number of carbonyl (C=O) groups excluding carboxylic acids is 1. The number of nitrogens with zero attached hydrogens (tertiary/aromatic N) is 1. The quantitative estimate of drug-likeness (QED) is 0.495. The van der Waals surface area contributed by atoms with Crippen molar-refractivity contribution in [3.8, 4) is 5.75 Å². The number of H-pyrrole nitrogens is 1. The first-order valence-electron chi connectivity index (χ1n) is 7.09. The second-order valence-corrected chi connectivity index (χ2v) is 5.56. The summed E-state index contributed by atoms with van der Waals surface area (Å²) >= 11 is 5.87. The minimum absolute atomic E-state index is 0.228. The van der Waals surface area contributed by atoms with E-state index in [4.69, 9.17) is 11.6 Å². The molecule has 8 heteroatoms. The fraction of sp³-hybridized carbons (Fsp3) is 0. The molecule has 0 spiro atoms. The maximum absolute atomic E-state index is 13.1. The van der Waals surface area contributed by atoms with Crippen LogP contribution in [-0.2, 0) is 0 Å². The number of rotatable bonds is 3. The Morgan fingerprint density at radius 3 is 2.84 bits per heavy atom. The fourth-order valence-corrected chi connectivity index (χ4v) is 2.44. The highest BCUT2D eigenvalue weighted by Crippen LogP contribution is 2.27. The fourth-order valence-electron chi connectivity index (χ4n) is 2.27. The number of nitrogens with one attached hydrogen (secondary N) is 2. The minimum atomic E-state index is -0.909. The van der Waals surface area contributed by atoms with Crippen LogP contribution in [0, 0.1) is 5.82 Å². The van der Waals surface area contributed by atoms with Crippen molar-refractivity contribution in [2.75, 3.05) is 0 Å². The number of carbonyl (C=O) groups is 1. The van der Waals surface area contributed by atoms with Crippen molar-refractivity contribution >= 4 is 34.6 Å². The Kier molecular flexibility index (Phi) is 4.49. The Bertz CT molecular complexity index is 1060. The summed E-state index contributed by atoms with van der Waals surface area (Å²) in [7, 11) is 0. The highest BCUT2D eigenvalue weighted by molar-refractivity contribution is 6.31. The highest BCUT2D eigenvalue weighted by Gasteiger charge is 2.19. The van der Waals surface area contributed by atoms with Crippen molar-refractivity contribution < 1.29 is 14.3 Å². The van der Waals surface area contributed by atoms with E-state index >= 15 is 0 Å². The summed E-state index contributed by atoms with van der Waals surface area (Å²) < 4.78 is 13.1. The summed E-state index contributed by atoms with van der Waals surface area (Å²) in [6.45, 7) is 0. The number of aromatic nitrogens is 1. The summed E-state index contributed by atoms with van der Waals surface area (Å²) in [5.41, 5.74) is 1.62. The van der Waals surface area contributed by atoms with Crippen LogP contribution < -0.4 is 11.0 Å². The predicted molar refractivity (Wildman–Crippen MR) is 92.7 cm³/mol. The van der Waals surface area contributed by atoms with Crippen LogP contribution in [0.2, 0.25) is 5.02 Å². The third kappa shape index (κ3) is 3.51. The van der Waals surface area contributed by atoms with E-state index in [-0.39, 0.29) is 5.39 Å². The number of aromatic hydroxyl groups is 1. The number of hydrazone groups is 1. The molecule has 3 rings (SSSR count). The van der Waals surface area contributed by atoms with Crippen LogP contribution in [0.4, 0.5) is 4.39 Å². The maximum atomic E-state index is 13.1. The number of pyridine rings is 1. The molecule has 0 unspecified atom stereocenters. The Morgan fingerprint density at radius 1 is 1.28 bits per heavy atom. The van der Waals surface area contributed by atoms with Crippen molar-refractivity contribution in [3.63, 3.8) is 0 Å². The summed E-state index contributed by atoms with van der Waals surface area (Å²) in [4.78, 5) is 26.7. The molecule has 0 radical (unpaired) electrons. The van der Waals surface area contributed by atoms with E-state index in [1.165, 1.54) is 36.5 Å². The monoisotopic (exact) mass is 359 g/mol. The molecule has 126 valence electrons. The van der Waals surface area contributed by atoms with Crippen molar-refractivity contribution in [1.82, 2.24) is 10.4 Å². The minimum Gasteiger partial charge on any atom is -0.506 e. The van der Waals surface area contributed by atoms with Gasteiger partial charge in [-0.05, 0) is 35.9 Å². The molecule has 25 heavy (non-hydrogen) atoms. The molecule has 0 bridgehead atoms. The average molecular weight is 360 g/mol. The Balaban J connectivity index is 1.90. The van der Waals surface area contributed by atoms with Crippen molar-refractivity contribution in [1.29, 1.82) is 0 Å². The first-order chi connectivity index (χ1) is 12.0. The lowest BCUT2D eigenvalue weighted by Crippen LogP contribution is -2.26. The van der Waals surface area contributed by atoms with Gasteiger partial charge in [0.1, 0.15) is 17.1 Å². The molecule has 0 aliphatic carbocycles. The molecule has 0 saturated heterocycles. The Labute approximate surface area is 145 Å². The van der Waals surface area contributed by atoms with Crippen molar-refractivity contribution in [2.45, 2.75) is 0 Å². The first kappa shape index (κ1) is 16.7. The zero-order chi connectivity index (χ0) is 18.0. The normalized spacial score (nSPS) is 11.1. The largest absolute Gasteiger partial charge is 0.506 e. The highest BCUT2D eigenvalue weighted by atomic mass is 35.5. The summed E-state index contributed by atoms with van der Waals surface area (Å²) in [6, 6.07) is 10.1. The summed E-state index contributed by atoms with van der Waals surface area (Å²) in [5, 5.41) is 14.5. The Morgan fingerprint density at radius 2 is 2.08 bits per heavy atom. The van der Waals surface area contributed by atoms with Gasteiger partial charge in [-0.1, -0.05) is 23.7 Å². The molecular weight excluding hydrogens is 349 g/mol. The number of aromatic amines is 1. The summed E-state index contributed by atoms with van der Waals surface area (Å²) in [6.07, 6.45) is 1.21. The molecule has 6 nitrogen and oxygen atoms in total. The van der Waals surface area contributed by atoms with Gasteiger partial charge in [0.2, 0.25) is 0 Å². The van der Waals surface area contributed by atoms with Gasteiger partial charge in [-0.2, -0.15) is 5.10 Å². The number of halogens is 2. The zero-order valence-corrected chi connectivity index (χ0v) is 13.3. The molecule has 0 fully saturated rings. The maximum Gasteiger partial charge on any atom is 0.280 e. The second-order valence-electron chi connectivity index (χ2n) is 5.12. The Hall–Kier alpha value is -3.19.